The van der Waals surface area contributed by atoms with Gasteiger partial charge in [0.1, 0.15) is 11.4 Å². The normalized spacial score (nSPS) is 18.4. The van der Waals surface area contributed by atoms with Crippen molar-refractivity contribution in [3.05, 3.63) is 30.3 Å². The molecule has 1 radical (unpaired) electrons. The number of benzene rings is 1. The second kappa shape index (κ2) is 5.83. The summed E-state index contributed by atoms with van der Waals surface area (Å²) in [6.07, 6.45) is 1.22. The van der Waals surface area contributed by atoms with E-state index < -0.39 is 11.2 Å². The highest BCUT2D eigenvalue weighted by molar-refractivity contribution is 5.80. The van der Waals surface area contributed by atoms with Crippen LogP contribution in [0.25, 0.3) is 0 Å². The smallest absolute Gasteiger partial charge is 0.351 e. The molecule has 2 rings (SSSR count). The van der Waals surface area contributed by atoms with Gasteiger partial charge in [0.05, 0.1) is 0 Å². The molecule has 0 amide bonds. The zero-order valence-corrected chi connectivity index (χ0v) is 12.4. The van der Waals surface area contributed by atoms with Crippen LogP contribution in [0.4, 0.5) is 0 Å². The average Bonchev–Trinajstić information content (AvgIpc) is 2.39. The van der Waals surface area contributed by atoms with Gasteiger partial charge in [-0.3, -0.25) is 0 Å². The molecule has 0 aliphatic carbocycles. The minimum absolute atomic E-state index is 0.278. The van der Waals surface area contributed by atoms with E-state index in [1.54, 1.807) is 12.1 Å². The highest BCUT2D eigenvalue weighted by Gasteiger charge is 2.45. The van der Waals surface area contributed by atoms with Gasteiger partial charge >= 0.3 is 5.97 Å². The predicted octanol–water partition coefficient (Wildman–Crippen LogP) is 2.33. The minimum atomic E-state index is -0.889. The van der Waals surface area contributed by atoms with Gasteiger partial charge in [-0.05, 0) is 52.1 Å². The molecule has 0 saturated carbocycles. The summed E-state index contributed by atoms with van der Waals surface area (Å²) in [5.74, 6) is 0.399. The zero-order chi connectivity index (χ0) is 14.6. The fourth-order valence-electron chi connectivity index (χ4n) is 2.21. The van der Waals surface area contributed by atoms with E-state index in [-0.39, 0.29) is 5.97 Å². The van der Waals surface area contributed by atoms with Gasteiger partial charge in [0, 0.05) is 12.8 Å². The van der Waals surface area contributed by atoms with Crippen molar-refractivity contribution in [2.24, 2.45) is 0 Å². The Morgan fingerprint density at radius 2 is 1.85 bits per heavy atom. The molecule has 1 heterocycles. The summed E-state index contributed by atoms with van der Waals surface area (Å²) >= 11 is 0. The van der Waals surface area contributed by atoms with Crippen molar-refractivity contribution >= 4 is 5.97 Å². The van der Waals surface area contributed by atoms with Crippen LogP contribution in [0.2, 0.25) is 0 Å². The number of nitrogens with one attached hydrogen (secondary N) is 1. The SMILES string of the molecule is CC(C)(C)OC(=O)C1(Oc2cc[c]cc2)CCNCC1. The number of rotatable bonds is 3. The summed E-state index contributed by atoms with van der Waals surface area (Å²) in [7, 11) is 0. The summed E-state index contributed by atoms with van der Waals surface area (Å²) in [6.45, 7) is 7.11. The van der Waals surface area contributed by atoms with Crippen LogP contribution in [-0.2, 0) is 9.53 Å². The first-order chi connectivity index (χ1) is 9.41. The van der Waals surface area contributed by atoms with Crippen LogP contribution in [-0.4, -0.2) is 30.3 Å². The van der Waals surface area contributed by atoms with Crippen LogP contribution < -0.4 is 10.1 Å². The molecular formula is C16H22NO3. The van der Waals surface area contributed by atoms with Crippen molar-refractivity contribution in [2.75, 3.05) is 13.1 Å². The molecule has 0 atom stereocenters. The first-order valence-corrected chi connectivity index (χ1v) is 7.01. The van der Waals surface area contributed by atoms with Crippen LogP contribution in [0.1, 0.15) is 33.6 Å². The molecule has 1 fully saturated rings. The van der Waals surface area contributed by atoms with Gasteiger partial charge in [-0.2, -0.15) is 0 Å². The Morgan fingerprint density at radius 3 is 2.40 bits per heavy atom. The van der Waals surface area contributed by atoms with Crippen molar-refractivity contribution in [3.8, 4) is 5.75 Å². The van der Waals surface area contributed by atoms with Gasteiger partial charge in [-0.1, -0.05) is 12.1 Å². The van der Waals surface area contributed by atoms with Crippen molar-refractivity contribution in [3.63, 3.8) is 0 Å². The van der Waals surface area contributed by atoms with Crippen molar-refractivity contribution in [2.45, 2.75) is 44.8 Å². The van der Waals surface area contributed by atoms with Crippen LogP contribution in [0, 0.1) is 6.07 Å². The monoisotopic (exact) mass is 276 g/mol. The fraction of sp³-hybridized carbons (Fsp3) is 0.562. The van der Waals surface area contributed by atoms with Gasteiger partial charge in [0.2, 0.25) is 5.60 Å². The Hall–Kier alpha value is -1.55. The molecule has 1 aromatic carbocycles. The van der Waals surface area contributed by atoms with E-state index in [2.05, 4.69) is 11.4 Å². The van der Waals surface area contributed by atoms with E-state index in [0.717, 1.165) is 13.1 Å². The van der Waals surface area contributed by atoms with E-state index in [1.807, 2.05) is 32.9 Å². The summed E-state index contributed by atoms with van der Waals surface area (Å²) in [5, 5.41) is 3.25. The zero-order valence-electron chi connectivity index (χ0n) is 12.4. The van der Waals surface area contributed by atoms with Gasteiger partial charge < -0.3 is 14.8 Å². The number of piperidine rings is 1. The van der Waals surface area contributed by atoms with Crippen molar-refractivity contribution in [1.29, 1.82) is 0 Å². The maximum Gasteiger partial charge on any atom is 0.351 e. The second-order valence-electron chi connectivity index (χ2n) is 6.08. The first-order valence-electron chi connectivity index (χ1n) is 7.01. The number of ether oxygens (including phenoxy) is 2. The van der Waals surface area contributed by atoms with Gasteiger partial charge in [0.15, 0.2) is 0 Å². The van der Waals surface area contributed by atoms with E-state index in [4.69, 9.17) is 9.47 Å². The number of carbonyl (C=O) groups is 1. The summed E-state index contributed by atoms with van der Waals surface area (Å²) in [4.78, 5) is 12.6. The Morgan fingerprint density at radius 1 is 1.25 bits per heavy atom. The molecule has 0 unspecified atom stereocenters. The molecule has 0 aromatic heterocycles. The molecule has 1 aliphatic heterocycles. The fourth-order valence-corrected chi connectivity index (χ4v) is 2.21. The van der Waals surface area contributed by atoms with E-state index in [1.165, 1.54) is 0 Å². The Bertz CT molecular complexity index is 445. The molecule has 0 spiro atoms. The highest BCUT2D eigenvalue weighted by Crippen LogP contribution is 2.29. The largest absolute Gasteiger partial charge is 0.475 e. The maximum atomic E-state index is 12.6. The molecule has 0 bridgehead atoms. The summed E-state index contributed by atoms with van der Waals surface area (Å²) in [5.41, 5.74) is -1.40. The van der Waals surface area contributed by atoms with E-state index in [0.29, 0.717) is 18.6 Å². The molecule has 20 heavy (non-hydrogen) atoms. The number of carbonyl (C=O) groups excluding carboxylic acids is 1. The van der Waals surface area contributed by atoms with Crippen LogP contribution in [0.3, 0.4) is 0 Å². The van der Waals surface area contributed by atoms with Gasteiger partial charge in [-0.25, -0.2) is 4.79 Å². The standard InChI is InChI=1S/C16H22NO3/c1-15(2,3)20-14(18)16(9-11-17-12-10-16)19-13-7-5-4-6-8-13/h5-8,17H,9-12H2,1-3H3. The topological polar surface area (TPSA) is 47.6 Å². The molecule has 1 aromatic rings. The van der Waals surface area contributed by atoms with E-state index >= 15 is 0 Å². The molecule has 109 valence electrons. The maximum absolute atomic E-state index is 12.6. The number of esters is 1. The third-order valence-electron chi connectivity index (χ3n) is 3.18. The summed E-state index contributed by atoms with van der Waals surface area (Å²) in [6, 6.07) is 10.1. The third kappa shape index (κ3) is 3.73. The van der Waals surface area contributed by atoms with Crippen LogP contribution in [0.15, 0.2) is 24.3 Å². The lowest BCUT2D eigenvalue weighted by Crippen LogP contribution is -2.54. The highest BCUT2D eigenvalue weighted by atomic mass is 16.6. The summed E-state index contributed by atoms with van der Waals surface area (Å²) < 4.78 is 11.6. The van der Waals surface area contributed by atoms with Gasteiger partial charge in [-0.15, -0.1) is 0 Å². The molecule has 1 aliphatic rings. The number of hydrogen-bond acceptors (Lipinski definition) is 4. The predicted molar refractivity (Wildman–Crippen MR) is 76.6 cm³/mol. The first kappa shape index (κ1) is 14.9. The third-order valence-corrected chi connectivity index (χ3v) is 3.18. The van der Waals surface area contributed by atoms with Crippen LogP contribution >= 0.6 is 0 Å². The lowest BCUT2D eigenvalue weighted by Gasteiger charge is -2.37. The lowest BCUT2D eigenvalue weighted by molar-refractivity contribution is -0.176. The Balaban J connectivity index is 2.19. The Kier molecular flexibility index (Phi) is 4.33. The van der Waals surface area contributed by atoms with Crippen molar-refractivity contribution in [1.82, 2.24) is 5.32 Å². The molecule has 4 nitrogen and oxygen atoms in total. The number of hydrogen-bond donors (Lipinski definition) is 1. The molecular weight excluding hydrogens is 254 g/mol. The lowest BCUT2D eigenvalue weighted by atomic mass is 9.91. The van der Waals surface area contributed by atoms with Crippen molar-refractivity contribution < 1.29 is 14.3 Å². The molecule has 1 saturated heterocycles. The average molecular weight is 276 g/mol. The molecule has 4 heteroatoms. The quantitative estimate of drug-likeness (QED) is 0.861. The van der Waals surface area contributed by atoms with E-state index in [9.17, 15) is 4.79 Å². The molecule has 1 N–H and O–H groups in total. The Labute approximate surface area is 120 Å². The van der Waals surface area contributed by atoms with Gasteiger partial charge in [0.25, 0.3) is 0 Å². The van der Waals surface area contributed by atoms with Crippen LogP contribution in [0.5, 0.6) is 5.75 Å². The second-order valence-corrected chi connectivity index (χ2v) is 6.08. The minimum Gasteiger partial charge on any atom is -0.475 e.